The van der Waals surface area contributed by atoms with E-state index in [1.807, 2.05) is 35.4 Å². The standard InChI is InChI=1S/C18H22N4O3S/c1-13-3-2-4-15(19-13)21-17-20-14(12-26-17)11-16(23)22-7-5-18(6-8-22)24-9-10-25-18/h2-4,12H,5-11H2,1H3,(H,19,20,21). The molecule has 0 bridgehead atoms. The summed E-state index contributed by atoms with van der Waals surface area (Å²) in [5.74, 6) is 0.411. The van der Waals surface area contributed by atoms with Crippen LogP contribution in [0.4, 0.5) is 10.9 Å². The van der Waals surface area contributed by atoms with Crippen LogP contribution in [0.5, 0.6) is 0 Å². The van der Waals surface area contributed by atoms with Gasteiger partial charge in [0.05, 0.1) is 25.3 Å². The quantitative estimate of drug-likeness (QED) is 0.886. The maximum Gasteiger partial charge on any atom is 0.228 e. The van der Waals surface area contributed by atoms with Gasteiger partial charge in [-0.05, 0) is 19.1 Å². The van der Waals surface area contributed by atoms with Gasteiger partial charge < -0.3 is 19.7 Å². The Balaban J connectivity index is 1.32. The molecule has 4 rings (SSSR count). The third-order valence-corrected chi connectivity index (χ3v) is 5.51. The van der Waals surface area contributed by atoms with E-state index in [0.717, 1.165) is 35.2 Å². The van der Waals surface area contributed by atoms with Crippen molar-refractivity contribution in [1.82, 2.24) is 14.9 Å². The van der Waals surface area contributed by atoms with Crippen molar-refractivity contribution < 1.29 is 14.3 Å². The Hall–Kier alpha value is -2.03. The van der Waals surface area contributed by atoms with E-state index in [9.17, 15) is 4.79 Å². The molecule has 2 aromatic heterocycles. The van der Waals surface area contributed by atoms with E-state index in [0.29, 0.717) is 32.7 Å². The Labute approximate surface area is 156 Å². The van der Waals surface area contributed by atoms with Crippen LogP contribution in [0.15, 0.2) is 23.6 Å². The number of ether oxygens (including phenoxy) is 2. The first-order valence-electron chi connectivity index (χ1n) is 8.83. The van der Waals surface area contributed by atoms with Crippen LogP contribution >= 0.6 is 11.3 Å². The molecule has 0 unspecified atom stereocenters. The van der Waals surface area contributed by atoms with Crippen LogP contribution in [0, 0.1) is 6.92 Å². The van der Waals surface area contributed by atoms with Gasteiger partial charge in [0.1, 0.15) is 5.82 Å². The van der Waals surface area contributed by atoms with Gasteiger partial charge in [0, 0.05) is 37.0 Å². The largest absolute Gasteiger partial charge is 0.347 e. The number of nitrogens with zero attached hydrogens (tertiary/aromatic N) is 3. The fourth-order valence-electron chi connectivity index (χ4n) is 3.32. The average molecular weight is 374 g/mol. The summed E-state index contributed by atoms with van der Waals surface area (Å²) >= 11 is 1.48. The number of pyridine rings is 1. The lowest BCUT2D eigenvalue weighted by molar-refractivity contribution is -0.187. The zero-order valence-corrected chi connectivity index (χ0v) is 15.6. The molecule has 26 heavy (non-hydrogen) atoms. The molecule has 2 aliphatic rings. The van der Waals surface area contributed by atoms with Crippen LogP contribution in [0.2, 0.25) is 0 Å². The van der Waals surface area contributed by atoms with E-state index in [4.69, 9.17) is 9.47 Å². The van der Waals surface area contributed by atoms with Crippen molar-refractivity contribution in [2.75, 3.05) is 31.6 Å². The first-order chi connectivity index (χ1) is 12.6. The van der Waals surface area contributed by atoms with Gasteiger partial charge in [-0.15, -0.1) is 11.3 Å². The van der Waals surface area contributed by atoms with Crippen molar-refractivity contribution >= 4 is 28.2 Å². The predicted molar refractivity (Wildman–Crippen MR) is 98.5 cm³/mol. The summed E-state index contributed by atoms with van der Waals surface area (Å²) in [4.78, 5) is 23.4. The molecule has 1 amide bonds. The third kappa shape index (κ3) is 3.87. The molecular weight excluding hydrogens is 352 g/mol. The minimum Gasteiger partial charge on any atom is -0.347 e. The zero-order chi connectivity index (χ0) is 18.0. The van der Waals surface area contributed by atoms with Gasteiger partial charge in [-0.3, -0.25) is 4.79 Å². The number of amides is 1. The number of carbonyl (C=O) groups excluding carboxylic acids is 1. The van der Waals surface area contributed by atoms with Crippen molar-refractivity contribution in [3.63, 3.8) is 0 Å². The molecule has 0 radical (unpaired) electrons. The number of hydrogen-bond donors (Lipinski definition) is 1. The van der Waals surface area contributed by atoms with Crippen molar-refractivity contribution in [2.45, 2.75) is 32.0 Å². The number of nitrogens with one attached hydrogen (secondary N) is 1. The molecule has 0 aromatic carbocycles. The van der Waals surface area contributed by atoms with Crippen LogP contribution in [-0.2, 0) is 20.7 Å². The number of aryl methyl sites for hydroxylation is 1. The molecule has 7 nitrogen and oxygen atoms in total. The second kappa shape index (κ2) is 7.30. The highest BCUT2D eigenvalue weighted by atomic mass is 32.1. The predicted octanol–water partition coefficient (Wildman–Crippen LogP) is 2.50. The number of aromatic nitrogens is 2. The number of thiazole rings is 1. The number of anilines is 2. The van der Waals surface area contributed by atoms with E-state index in [-0.39, 0.29) is 5.91 Å². The summed E-state index contributed by atoms with van der Waals surface area (Å²) < 4.78 is 11.4. The number of rotatable bonds is 4. The summed E-state index contributed by atoms with van der Waals surface area (Å²) in [6, 6.07) is 5.79. The van der Waals surface area contributed by atoms with Crippen LogP contribution in [-0.4, -0.2) is 52.9 Å². The molecule has 0 atom stereocenters. The Morgan fingerprint density at radius 1 is 1.27 bits per heavy atom. The lowest BCUT2D eigenvalue weighted by Crippen LogP contribution is -2.47. The summed E-state index contributed by atoms with van der Waals surface area (Å²) in [5, 5.41) is 5.86. The molecule has 0 saturated carbocycles. The van der Waals surface area contributed by atoms with E-state index >= 15 is 0 Å². The van der Waals surface area contributed by atoms with Crippen molar-refractivity contribution in [2.24, 2.45) is 0 Å². The first kappa shape index (κ1) is 17.4. The maximum atomic E-state index is 12.6. The highest BCUT2D eigenvalue weighted by molar-refractivity contribution is 7.13. The Kier molecular flexibility index (Phi) is 4.88. The third-order valence-electron chi connectivity index (χ3n) is 4.70. The van der Waals surface area contributed by atoms with Crippen molar-refractivity contribution in [3.8, 4) is 0 Å². The Bertz CT molecular complexity index is 778. The molecule has 2 saturated heterocycles. The number of carbonyl (C=O) groups is 1. The second-order valence-electron chi connectivity index (χ2n) is 6.60. The van der Waals surface area contributed by atoms with Gasteiger partial charge in [0.25, 0.3) is 0 Å². The SMILES string of the molecule is Cc1cccc(Nc2nc(CC(=O)N3CCC4(CC3)OCCO4)cs2)n1. The normalized spacial score (nSPS) is 19.0. The lowest BCUT2D eigenvalue weighted by atomic mass is 10.0. The number of hydrogen-bond acceptors (Lipinski definition) is 7. The molecule has 8 heteroatoms. The molecule has 4 heterocycles. The van der Waals surface area contributed by atoms with Crippen molar-refractivity contribution in [1.29, 1.82) is 0 Å². The molecule has 2 aliphatic heterocycles. The molecule has 1 spiro atoms. The Morgan fingerprint density at radius 3 is 2.77 bits per heavy atom. The maximum absolute atomic E-state index is 12.6. The van der Waals surface area contributed by atoms with Gasteiger partial charge in [-0.2, -0.15) is 0 Å². The monoisotopic (exact) mass is 374 g/mol. The molecular formula is C18H22N4O3S. The summed E-state index contributed by atoms with van der Waals surface area (Å²) in [5.41, 5.74) is 1.73. The highest BCUT2D eigenvalue weighted by Gasteiger charge is 2.40. The topological polar surface area (TPSA) is 76.6 Å². The molecule has 2 fully saturated rings. The van der Waals surface area contributed by atoms with Gasteiger partial charge in [0.2, 0.25) is 5.91 Å². The molecule has 138 valence electrons. The second-order valence-corrected chi connectivity index (χ2v) is 7.46. The van der Waals surface area contributed by atoms with E-state index in [2.05, 4.69) is 15.3 Å². The smallest absolute Gasteiger partial charge is 0.228 e. The van der Waals surface area contributed by atoms with Crippen LogP contribution in [0.1, 0.15) is 24.2 Å². The highest BCUT2D eigenvalue weighted by Crippen LogP contribution is 2.31. The number of likely N-dealkylation sites (tertiary alicyclic amines) is 1. The van der Waals surface area contributed by atoms with E-state index < -0.39 is 5.79 Å². The molecule has 0 aliphatic carbocycles. The van der Waals surface area contributed by atoms with Gasteiger partial charge >= 0.3 is 0 Å². The molecule has 1 N–H and O–H groups in total. The fraction of sp³-hybridized carbons (Fsp3) is 0.500. The fourth-order valence-corrected chi connectivity index (χ4v) is 4.03. The van der Waals surface area contributed by atoms with Gasteiger partial charge in [-0.1, -0.05) is 6.07 Å². The van der Waals surface area contributed by atoms with E-state index in [1.165, 1.54) is 11.3 Å². The lowest BCUT2D eigenvalue weighted by Gasteiger charge is -2.37. The summed E-state index contributed by atoms with van der Waals surface area (Å²) in [7, 11) is 0. The molecule has 2 aromatic rings. The van der Waals surface area contributed by atoms with Gasteiger partial charge in [0.15, 0.2) is 10.9 Å². The minimum absolute atomic E-state index is 0.100. The van der Waals surface area contributed by atoms with Crippen LogP contribution in [0.3, 0.4) is 0 Å². The Morgan fingerprint density at radius 2 is 2.04 bits per heavy atom. The average Bonchev–Trinajstić information content (AvgIpc) is 3.26. The van der Waals surface area contributed by atoms with Crippen molar-refractivity contribution in [3.05, 3.63) is 35.0 Å². The van der Waals surface area contributed by atoms with Crippen LogP contribution in [0.25, 0.3) is 0 Å². The summed E-state index contributed by atoms with van der Waals surface area (Å²) in [6.07, 6.45) is 1.79. The van der Waals surface area contributed by atoms with E-state index in [1.54, 1.807) is 0 Å². The zero-order valence-electron chi connectivity index (χ0n) is 14.7. The number of piperidine rings is 1. The van der Waals surface area contributed by atoms with Crippen LogP contribution < -0.4 is 5.32 Å². The first-order valence-corrected chi connectivity index (χ1v) is 9.71. The van der Waals surface area contributed by atoms with Gasteiger partial charge in [-0.25, -0.2) is 9.97 Å². The minimum atomic E-state index is -0.449. The summed E-state index contributed by atoms with van der Waals surface area (Å²) in [6.45, 7) is 4.58.